The number of amides is 1. The minimum atomic E-state index is -0.236. The number of nitrogen functional groups attached to an aromatic ring is 1. The monoisotopic (exact) mass is 343 g/mol. The van der Waals surface area contributed by atoms with Gasteiger partial charge in [0.1, 0.15) is 11.6 Å². The van der Waals surface area contributed by atoms with Gasteiger partial charge in [0.15, 0.2) is 0 Å². The first-order valence-electron chi connectivity index (χ1n) is 8.49. The number of hydrogen-bond acceptors (Lipinski definition) is 5. The zero-order valence-corrected chi connectivity index (χ0v) is 14.5. The molecule has 0 aliphatic heterocycles. The van der Waals surface area contributed by atoms with Gasteiger partial charge < -0.3 is 20.5 Å². The second-order valence-electron chi connectivity index (χ2n) is 5.52. The number of anilines is 1. The lowest BCUT2D eigenvalue weighted by molar-refractivity contribution is 0.0951. The minimum absolute atomic E-state index is 0.230. The number of benzene rings is 1. The summed E-state index contributed by atoms with van der Waals surface area (Å²) in [7, 11) is 0. The van der Waals surface area contributed by atoms with Gasteiger partial charge in [-0.3, -0.25) is 4.79 Å². The Kier molecular flexibility index (Phi) is 7.72. The Morgan fingerprint density at radius 1 is 1.16 bits per heavy atom. The maximum Gasteiger partial charge on any atom is 0.255 e. The van der Waals surface area contributed by atoms with E-state index in [1.807, 2.05) is 31.2 Å². The molecule has 2 aromatic rings. The Hall–Kier alpha value is -2.60. The molecule has 25 heavy (non-hydrogen) atoms. The highest BCUT2D eigenvalue weighted by molar-refractivity contribution is 5.98. The predicted molar refractivity (Wildman–Crippen MR) is 97.5 cm³/mol. The van der Waals surface area contributed by atoms with Crippen LogP contribution in [0, 0.1) is 0 Å². The number of hydrogen-bond donors (Lipinski definition) is 2. The van der Waals surface area contributed by atoms with Crippen LogP contribution in [0.25, 0.3) is 0 Å². The molecule has 0 saturated carbocycles. The summed E-state index contributed by atoms with van der Waals surface area (Å²) in [5.74, 6) is 0.816. The van der Waals surface area contributed by atoms with Gasteiger partial charge in [0.05, 0.1) is 12.2 Å². The van der Waals surface area contributed by atoms with Crippen LogP contribution in [0.4, 0.5) is 5.82 Å². The van der Waals surface area contributed by atoms with Crippen LogP contribution in [0.15, 0.2) is 42.6 Å². The van der Waals surface area contributed by atoms with Crippen molar-refractivity contribution in [1.82, 2.24) is 10.3 Å². The van der Waals surface area contributed by atoms with Crippen LogP contribution in [-0.2, 0) is 11.3 Å². The molecule has 1 aromatic heterocycles. The number of pyridine rings is 1. The molecule has 0 aliphatic carbocycles. The molecule has 0 unspecified atom stereocenters. The fraction of sp³-hybridized carbons (Fsp3) is 0.368. The van der Waals surface area contributed by atoms with E-state index in [2.05, 4.69) is 10.3 Å². The maximum absolute atomic E-state index is 12.1. The van der Waals surface area contributed by atoms with E-state index in [-0.39, 0.29) is 11.7 Å². The molecule has 6 heteroatoms. The number of rotatable bonds is 10. The molecule has 0 atom stereocenters. The van der Waals surface area contributed by atoms with Crippen molar-refractivity contribution in [2.24, 2.45) is 0 Å². The molecule has 6 nitrogen and oxygen atoms in total. The van der Waals surface area contributed by atoms with E-state index in [9.17, 15) is 4.79 Å². The van der Waals surface area contributed by atoms with Crippen molar-refractivity contribution in [2.75, 3.05) is 25.6 Å². The highest BCUT2D eigenvalue weighted by Crippen LogP contribution is 2.13. The average Bonchev–Trinajstić information content (AvgIpc) is 2.64. The van der Waals surface area contributed by atoms with E-state index < -0.39 is 0 Å². The van der Waals surface area contributed by atoms with Crippen LogP contribution in [0.3, 0.4) is 0 Å². The van der Waals surface area contributed by atoms with Crippen LogP contribution in [0.2, 0.25) is 0 Å². The maximum atomic E-state index is 12.1. The van der Waals surface area contributed by atoms with E-state index in [0.29, 0.717) is 18.7 Å². The lowest BCUT2D eigenvalue weighted by Crippen LogP contribution is -2.24. The van der Waals surface area contributed by atoms with Crippen LogP contribution in [0.5, 0.6) is 5.75 Å². The standard InChI is InChI=1S/C19H25N3O3/c1-2-24-12-3-4-13-25-16-9-7-15(8-10-16)14-22-19(23)17-6-5-11-21-18(17)20/h5-11H,2-4,12-14H2,1H3,(H2,20,21)(H,22,23). The van der Waals surface area contributed by atoms with Crippen molar-refractivity contribution in [1.29, 1.82) is 0 Å². The molecule has 0 bridgehead atoms. The molecule has 0 spiro atoms. The van der Waals surface area contributed by atoms with Gasteiger partial charge in [-0.25, -0.2) is 4.98 Å². The molecule has 1 heterocycles. The third kappa shape index (κ3) is 6.43. The largest absolute Gasteiger partial charge is 0.494 e. The first-order valence-corrected chi connectivity index (χ1v) is 8.49. The number of carbonyl (C=O) groups excluding carboxylic acids is 1. The van der Waals surface area contributed by atoms with Crippen molar-refractivity contribution < 1.29 is 14.3 Å². The Bertz CT molecular complexity index is 659. The summed E-state index contributed by atoms with van der Waals surface area (Å²) in [5.41, 5.74) is 7.07. The number of nitrogens with two attached hydrogens (primary N) is 1. The highest BCUT2D eigenvalue weighted by atomic mass is 16.5. The summed E-state index contributed by atoms with van der Waals surface area (Å²) in [5, 5.41) is 2.83. The number of nitrogens with zero attached hydrogens (tertiary/aromatic N) is 1. The zero-order valence-electron chi connectivity index (χ0n) is 14.5. The summed E-state index contributed by atoms with van der Waals surface area (Å²) in [6.07, 6.45) is 3.52. The second-order valence-corrected chi connectivity index (χ2v) is 5.52. The highest BCUT2D eigenvalue weighted by Gasteiger charge is 2.09. The fourth-order valence-corrected chi connectivity index (χ4v) is 2.23. The topological polar surface area (TPSA) is 86.5 Å². The Balaban J connectivity index is 1.73. The van der Waals surface area contributed by atoms with Crippen molar-refractivity contribution in [3.05, 3.63) is 53.7 Å². The number of nitrogens with one attached hydrogen (secondary N) is 1. The Labute approximate surface area is 148 Å². The van der Waals surface area contributed by atoms with Gasteiger partial charge in [-0.05, 0) is 49.6 Å². The van der Waals surface area contributed by atoms with E-state index >= 15 is 0 Å². The molecule has 0 radical (unpaired) electrons. The van der Waals surface area contributed by atoms with E-state index in [4.69, 9.17) is 15.2 Å². The van der Waals surface area contributed by atoms with Crippen molar-refractivity contribution in [3.8, 4) is 5.75 Å². The van der Waals surface area contributed by atoms with Crippen molar-refractivity contribution in [3.63, 3.8) is 0 Å². The van der Waals surface area contributed by atoms with Crippen molar-refractivity contribution in [2.45, 2.75) is 26.3 Å². The summed E-state index contributed by atoms with van der Waals surface area (Å²) < 4.78 is 11.0. The van der Waals surface area contributed by atoms with Gasteiger partial charge >= 0.3 is 0 Å². The van der Waals surface area contributed by atoms with Gasteiger partial charge in [0.25, 0.3) is 5.91 Å². The second kappa shape index (κ2) is 10.3. The van der Waals surface area contributed by atoms with Gasteiger partial charge in [-0.2, -0.15) is 0 Å². The van der Waals surface area contributed by atoms with E-state index in [1.165, 1.54) is 0 Å². The first kappa shape index (κ1) is 18.7. The summed E-state index contributed by atoms with van der Waals surface area (Å²) in [4.78, 5) is 16.0. The lowest BCUT2D eigenvalue weighted by Gasteiger charge is -2.09. The quantitative estimate of drug-likeness (QED) is 0.648. The number of aromatic nitrogens is 1. The predicted octanol–water partition coefficient (Wildman–Crippen LogP) is 2.79. The number of ether oxygens (including phenoxy) is 2. The van der Waals surface area contributed by atoms with Gasteiger partial charge in [0, 0.05) is 26.0 Å². The molecule has 1 aromatic carbocycles. The summed E-state index contributed by atoms with van der Waals surface area (Å²) in [6, 6.07) is 11.0. The summed E-state index contributed by atoms with van der Waals surface area (Å²) in [6.45, 7) is 4.61. The first-order chi connectivity index (χ1) is 12.2. The van der Waals surface area contributed by atoms with Crippen LogP contribution in [-0.4, -0.2) is 30.7 Å². The normalized spacial score (nSPS) is 10.4. The molecular formula is C19H25N3O3. The minimum Gasteiger partial charge on any atom is -0.494 e. The van der Waals surface area contributed by atoms with Gasteiger partial charge in [-0.15, -0.1) is 0 Å². The molecular weight excluding hydrogens is 318 g/mol. The van der Waals surface area contributed by atoms with Crippen LogP contribution in [0.1, 0.15) is 35.7 Å². The zero-order chi connectivity index (χ0) is 17.9. The molecule has 0 saturated heterocycles. The average molecular weight is 343 g/mol. The molecule has 0 aliphatic rings. The molecule has 1 amide bonds. The van der Waals surface area contributed by atoms with Crippen molar-refractivity contribution >= 4 is 11.7 Å². The third-order valence-electron chi connectivity index (χ3n) is 3.62. The van der Waals surface area contributed by atoms with Gasteiger partial charge in [0.2, 0.25) is 0 Å². The van der Waals surface area contributed by atoms with Gasteiger partial charge in [-0.1, -0.05) is 12.1 Å². The van der Waals surface area contributed by atoms with Crippen LogP contribution < -0.4 is 15.8 Å². The SMILES string of the molecule is CCOCCCCOc1ccc(CNC(=O)c2cccnc2N)cc1. The van der Waals surface area contributed by atoms with E-state index in [1.54, 1.807) is 18.3 Å². The third-order valence-corrected chi connectivity index (χ3v) is 3.62. The molecule has 134 valence electrons. The smallest absolute Gasteiger partial charge is 0.255 e. The van der Waals surface area contributed by atoms with E-state index in [0.717, 1.165) is 37.4 Å². The Morgan fingerprint density at radius 3 is 2.64 bits per heavy atom. The lowest BCUT2D eigenvalue weighted by atomic mass is 10.2. The van der Waals surface area contributed by atoms with Crippen LogP contribution >= 0.6 is 0 Å². The number of unbranched alkanes of at least 4 members (excludes halogenated alkanes) is 1. The summed E-state index contributed by atoms with van der Waals surface area (Å²) >= 11 is 0. The molecule has 2 rings (SSSR count). The molecule has 0 fully saturated rings. The molecule has 3 N–H and O–H groups in total. The Morgan fingerprint density at radius 2 is 1.92 bits per heavy atom. The number of carbonyl (C=O) groups is 1. The fourth-order valence-electron chi connectivity index (χ4n) is 2.23.